The van der Waals surface area contributed by atoms with Crippen LogP contribution in [-0.2, 0) is 23.3 Å². The molecule has 0 amide bonds. The van der Waals surface area contributed by atoms with Crippen LogP contribution in [0.25, 0.3) is 70.9 Å². The molecule has 58 heavy (non-hydrogen) atoms. The van der Waals surface area contributed by atoms with Gasteiger partial charge in [-0.2, -0.15) is 23.3 Å². The minimum atomic E-state index is 0. The third-order valence-electron chi connectivity index (χ3n) is 10.6. The monoisotopic (exact) mass is 904 g/mol. The molecule has 8 aromatic carbocycles. The molecule has 1 atom stereocenters. The zero-order chi connectivity index (χ0) is 37.3. The second-order valence-electron chi connectivity index (χ2n) is 14.4. The Hall–Kier alpha value is -3.82. The van der Waals surface area contributed by atoms with Crippen molar-refractivity contribution in [3.63, 3.8) is 0 Å². The maximum absolute atomic E-state index is 3.61. The zero-order valence-electron chi connectivity index (χ0n) is 33.9. The SMILES string of the molecule is CC(C)C1=CC2=C(c3cccc4ccccc34)C(C)SC2=[C-]1.Cc1cc2c(-c3cccc4ccccc34)cc(-c3cccc4ccccc34)cc2[cH-]1.Cl.Cl.[CH3-].[CH3-].[Si]=[Zr]. The van der Waals surface area contributed by atoms with Crippen molar-refractivity contribution in [2.24, 2.45) is 5.92 Å². The van der Waals surface area contributed by atoms with Crippen LogP contribution in [0.1, 0.15) is 31.9 Å². The molecular formula is C53H48Cl2SSiZr-4. The van der Waals surface area contributed by atoms with Crippen LogP contribution < -0.4 is 0 Å². The first-order chi connectivity index (χ1) is 26.4. The van der Waals surface area contributed by atoms with E-state index < -0.39 is 0 Å². The van der Waals surface area contributed by atoms with E-state index in [4.69, 9.17) is 0 Å². The summed E-state index contributed by atoms with van der Waals surface area (Å²) in [6, 6.07) is 55.2. The van der Waals surface area contributed by atoms with E-state index in [0.717, 1.165) is 0 Å². The Bertz CT molecular complexity index is 2790. The molecule has 0 saturated heterocycles. The molecule has 0 N–H and O–H groups in total. The number of halogens is 2. The predicted molar refractivity (Wildman–Crippen MR) is 261 cm³/mol. The van der Waals surface area contributed by atoms with Gasteiger partial charge in [-0.25, -0.2) is 6.08 Å². The van der Waals surface area contributed by atoms with Gasteiger partial charge < -0.3 is 14.9 Å². The van der Waals surface area contributed by atoms with Crippen LogP contribution in [0.15, 0.2) is 174 Å². The van der Waals surface area contributed by atoms with Gasteiger partial charge in [0.15, 0.2) is 0 Å². The van der Waals surface area contributed by atoms with Gasteiger partial charge in [0.05, 0.1) is 0 Å². The summed E-state index contributed by atoms with van der Waals surface area (Å²) in [6.07, 6.45) is 5.97. The van der Waals surface area contributed by atoms with Crippen molar-refractivity contribution < 1.29 is 23.3 Å². The molecule has 2 radical (unpaired) electrons. The summed E-state index contributed by atoms with van der Waals surface area (Å²) in [5, 5.41) is 11.0. The third kappa shape index (κ3) is 9.01. The Morgan fingerprint density at radius 2 is 1.09 bits per heavy atom. The zero-order valence-corrected chi connectivity index (χ0v) is 39.8. The van der Waals surface area contributed by atoms with Gasteiger partial charge in [0, 0.05) is 5.25 Å². The molecule has 292 valence electrons. The second kappa shape index (κ2) is 20.4. The molecule has 2 aliphatic rings. The molecule has 10 rings (SSSR count). The fourth-order valence-electron chi connectivity index (χ4n) is 8.13. The van der Waals surface area contributed by atoms with Gasteiger partial charge in [-0.05, 0) is 61.8 Å². The number of benzene rings is 7. The number of thioether (sulfide) groups is 1. The van der Waals surface area contributed by atoms with Crippen LogP contribution in [-0.4, -0.2) is 12.1 Å². The first-order valence-electron chi connectivity index (χ1n) is 18.6. The van der Waals surface area contributed by atoms with E-state index in [1.165, 1.54) is 121 Å². The molecule has 0 nitrogen and oxygen atoms in total. The molecule has 0 bridgehead atoms. The van der Waals surface area contributed by atoms with Crippen LogP contribution in [0.5, 0.6) is 0 Å². The van der Waals surface area contributed by atoms with Crippen molar-refractivity contribution in [2.45, 2.75) is 32.9 Å². The molecule has 5 heteroatoms. The summed E-state index contributed by atoms with van der Waals surface area (Å²) in [5.41, 5.74) is 12.1. The Labute approximate surface area is 379 Å². The van der Waals surface area contributed by atoms with Crippen LogP contribution in [0.2, 0.25) is 0 Å². The van der Waals surface area contributed by atoms with Gasteiger partial charge in [-0.1, -0.05) is 171 Å². The first-order valence-corrected chi connectivity index (χ1v) is 23.7. The average Bonchev–Trinajstić information content (AvgIpc) is 3.89. The summed E-state index contributed by atoms with van der Waals surface area (Å²) >= 11 is 3.30. The van der Waals surface area contributed by atoms with Crippen molar-refractivity contribution in [1.82, 2.24) is 0 Å². The van der Waals surface area contributed by atoms with E-state index in [1.807, 2.05) is 11.8 Å². The van der Waals surface area contributed by atoms with Gasteiger partial charge in [0.1, 0.15) is 0 Å². The van der Waals surface area contributed by atoms with Gasteiger partial charge in [-0.15, -0.1) is 69.9 Å². The van der Waals surface area contributed by atoms with E-state index >= 15 is 0 Å². The number of hydrogen-bond donors (Lipinski definition) is 0. The number of hydrogen-bond acceptors (Lipinski definition) is 1. The fourth-order valence-corrected chi connectivity index (χ4v) is 9.32. The van der Waals surface area contributed by atoms with Crippen LogP contribution in [0.3, 0.4) is 0 Å². The molecular weight excluding hydrogens is 859 g/mol. The molecule has 0 fully saturated rings. The van der Waals surface area contributed by atoms with Gasteiger partial charge in [0.25, 0.3) is 0 Å². The molecule has 1 aliphatic carbocycles. The number of rotatable bonds is 4. The van der Waals surface area contributed by atoms with Crippen molar-refractivity contribution in [2.75, 3.05) is 0 Å². The van der Waals surface area contributed by atoms with Gasteiger partial charge in [-0.3, -0.25) is 0 Å². The molecule has 0 spiro atoms. The Balaban J connectivity index is 0.000000239. The van der Waals surface area contributed by atoms with Crippen molar-refractivity contribution in [1.29, 1.82) is 0 Å². The van der Waals surface area contributed by atoms with E-state index in [1.54, 1.807) is 0 Å². The quantitative estimate of drug-likeness (QED) is 0.125. The molecule has 8 aromatic rings. The fraction of sp³-hybridized carbons (Fsp3) is 0.113. The average molecular weight is 907 g/mol. The number of fused-ring (bicyclic) bond motifs is 5. The molecule has 1 heterocycles. The predicted octanol–water partition coefficient (Wildman–Crippen LogP) is 15.9. The summed E-state index contributed by atoms with van der Waals surface area (Å²) < 4.78 is 0. The Kier molecular flexibility index (Phi) is 16.5. The van der Waals surface area contributed by atoms with Crippen molar-refractivity contribution >= 4 is 92.1 Å². The van der Waals surface area contributed by atoms with E-state index in [9.17, 15) is 0 Å². The molecule has 1 unspecified atom stereocenters. The molecule has 0 aromatic heterocycles. The van der Waals surface area contributed by atoms with Crippen molar-refractivity contribution in [3.05, 3.63) is 206 Å². The van der Waals surface area contributed by atoms with Crippen molar-refractivity contribution in [3.8, 4) is 22.3 Å². The molecule has 0 saturated carbocycles. The summed E-state index contributed by atoms with van der Waals surface area (Å²) in [6.45, 7) is 12.0. The number of allylic oxidation sites excluding steroid dienone is 4. The Morgan fingerprint density at radius 3 is 1.66 bits per heavy atom. The third-order valence-corrected chi connectivity index (χ3v) is 11.8. The van der Waals surface area contributed by atoms with Crippen LogP contribution >= 0.6 is 36.6 Å². The van der Waals surface area contributed by atoms with E-state index in [0.29, 0.717) is 11.2 Å². The normalized spacial score (nSPS) is 13.8. The van der Waals surface area contributed by atoms with E-state index in [2.05, 4.69) is 198 Å². The summed E-state index contributed by atoms with van der Waals surface area (Å²) in [4.78, 5) is 1.33. The standard InChI is InChI=1S/C30H21.C21H19S.2CH3.2ClH.Si.Zr/c1-20-16-23-18-24(27-14-6-10-21-8-2-4-12-25(21)27)19-30(29(23)17-20)28-15-7-11-22-9-3-5-13-26(22)28;1-13(2)16-11-19-20(12-16)22-14(3)21(19)18-10-6-8-15-7-4-5-9-17(15)18;;;;;;/h2-19H,1H3;4-11,13-14H,1-3H3;2*1H3;2*1H;;/q4*-1;;;;. The minimum absolute atomic E-state index is 0. The van der Waals surface area contributed by atoms with Gasteiger partial charge in [0.2, 0.25) is 0 Å². The summed E-state index contributed by atoms with van der Waals surface area (Å²) in [7, 11) is 0. The topological polar surface area (TPSA) is 0 Å². The summed E-state index contributed by atoms with van der Waals surface area (Å²) in [5.74, 6) is 0.537. The van der Waals surface area contributed by atoms with Crippen LogP contribution in [0.4, 0.5) is 0 Å². The van der Waals surface area contributed by atoms with Gasteiger partial charge >= 0.3 is 30.2 Å². The van der Waals surface area contributed by atoms with Crippen LogP contribution in [0, 0.1) is 33.8 Å². The first kappa shape index (κ1) is 46.9. The second-order valence-corrected chi connectivity index (χ2v) is 15.8. The molecule has 1 aliphatic heterocycles. The maximum atomic E-state index is 3.61. The Morgan fingerprint density at radius 1 is 0.603 bits per heavy atom. The van der Waals surface area contributed by atoms with E-state index in [-0.39, 0.29) is 39.7 Å². The number of aryl methyl sites for hydroxylation is 1.